The second-order valence-corrected chi connectivity index (χ2v) is 8.94. The van der Waals surface area contributed by atoms with Crippen molar-refractivity contribution in [2.75, 3.05) is 26.2 Å². The van der Waals surface area contributed by atoms with Crippen LogP contribution in [0.4, 0.5) is 4.39 Å². The molecule has 1 amide bonds. The van der Waals surface area contributed by atoms with Crippen molar-refractivity contribution in [3.05, 3.63) is 35.6 Å². The number of amides is 1. The Labute approximate surface area is 154 Å². The third-order valence-corrected chi connectivity index (χ3v) is 7.10. The lowest BCUT2D eigenvalue weighted by Gasteiger charge is -2.36. The van der Waals surface area contributed by atoms with Gasteiger partial charge in [-0.05, 0) is 43.4 Å². The Morgan fingerprint density at radius 1 is 1.04 bits per heavy atom. The fraction of sp³-hybridized carbons (Fsp3) is 0.611. The van der Waals surface area contributed by atoms with E-state index in [4.69, 9.17) is 0 Å². The standard InChI is InChI=1S/C18H26FN3O3S/c19-17-8-6-15(7-9-17)13-20-18(23)16-5-4-12-22(14-16)26(24,25)21-10-2-1-3-11-21/h6-9,16H,1-5,10-14H2,(H,20,23)/t16-/m0/s1. The minimum absolute atomic E-state index is 0.145. The summed E-state index contributed by atoms with van der Waals surface area (Å²) in [6.45, 7) is 2.16. The molecule has 0 aliphatic carbocycles. The lowest BCUT2D eigenvalue weighted by molar-refractivity contribution is -0.126. The number of nitrogens with zero attached hydrogens (tertiary/aromatic N) is 2. The third kappa shape index (κ3) is 4.61. The van der Waals surface area contributed by atoms with E-state index in [1.54, 1.807) is 16.4 Å². The van der Waals surface area contributed by atoms with Crippen LogP contribution in [0.3, 0.4) is 0 Å². The van der Waals surface area contributed by atoms with Gasteiger partial charge in [0.2, 0.25) is 5.91 Å². The lowest BCUT2D eigenvalue weighted by Crippen LogP contribution is -2.51. The molecule has 26 heavy (non-hydrogen) atoms. The predicted molar refractivity (Wildman–Crippen MR) is 96.9 cm³/mol. The van der Waals surface area contributed by atoms with Crippen LogP contribution in [0.2, 0.25) is 0 Å². The first kappa shape index (κ1) is 19.3. The zero-order valence-corrected chi connectivity index (χ0v) is 15.7. The second kappa shape index (κ2) is 8.45. The lowest BCUT2D eigenvalue weighted by atomic mass is 9.99. The topological polar surface area (TPSA) is 69.7 Å². The van der Waals surface area contributed by atoms with Crippen LogP contribution in [-0.2, 0) is 21.5 Å². The minimum atomic E-state index is -3.48. The molecule has 1 N–H and O–H groups in total. The van der Waals surface area contributed by atoms with E-state index >= 15 is 0 Å². The summed E-state index contributed by atoms with van der Waals surface area (Å²) in [7, 11) is -3.48. The van der Waals surface area contributed by atoms with Gasteiger partial charge in [-0.2, -0.15) is 17.0 Å². The largest absolute Gasteiger partial charge is 0.352 e. The zero-order valence-electron chi connectivity index (χ0n) is 14.9. The average Bonchev–Trinajstić information content (AvgIpc) is 2.68. The van der Waals surface area contributed by atoms with E-state index in [0.717, 1.165) is 24.8 Å². The van der Waals surface area contributed by atoms with Crippen molar-refractivity contribution in [1.29, 1.82) is 0 Å². The van der Waals surface area contributed by atoms with Gasteiger partial charge in [0, 0.05) is 32.7 Å². The number of halogens is 1. The van der Waals surface area contributed by atoms with E-state index in [-0.39, 0.29) is 24.2 Å². The Morgan fingerprint density at radius 3 is 2.38 bits per heavy atom. The monoisotopic (exact) mass is 383 g/mol. The molecule has 1 atom stereocenters. The highest BCUT2D eigenvalue weighted by molar-refractivity contribution is 7.86. The highest BCUT2D eigenvalue weighted by atomic mass is 32.2. The Balaban J connectivity index is 1.56. The molecule has 2 aliphatic heterocycles. The number of rotatable bonds is 5. The molecule has 0 radical (unpaired) electrons. The van der Waals surface area contributed by atoms with Gasteiger partial charge in [0.05, 0.1) is 5.92 Å². The molecule has 144 valence electrons. The van der Waals surface area contributed by atoms with E-state index in [2.05, 4.69) is 5.32 Å². The summed E-state index contributed by atoms with van der Waals surface area (Å²) in [5.41, 5.74) is 0.813. The smallest absolute Gasteiger partial charge is 0.281 e. The first-order valence-corrected chi connectivity index (χ1v) is 10.6. The fourth-order valence-electron chi connectivity index (χ4n) is 3.56. The van der Waals surface area contributed by atoms with E-state index in [0.29, 0.717) is 39.0 Å². The summed E-state index contributed by atoms with van der Waals surface area (Å²) in [6, 6.07) is 5.97. The van der Waals surface area contributed by atoms with Crippen LogP contribution in [0, 0.1) is 11.7 Å². The molecule has 0 bridgehead atoms. The minimum Gasteiger partial charge on any atom is -0.352 e. The average molecular weight is 383 g/mol. The van der Waals surface area contributed by atoms with Crippen LogP contribution in [0.25, 0.3) is 0 Å². The summed E-state index contributed by atoms with van der Waals surface area (Å²) in [4.78, 5) is 12.5. The van der Waals surface area contributed by atoms with E-state index in [9.17, 15) is 17.6 Å². The number of benzene rings is 1. The molecule has 1 aromatic rings. The molecule has 8 heteroatoms. The van der Waals surface area contributed by atoms with E-state index < -0.39 is 10.2 Å². The molecule has 6 nitrogen and oxygen atoms in total. The predicted octanol–water partition coefficient (Wildman–Crippen LogP) is 1.88. The summed E-state index contributed by atoms with van der Waals surface area (Å²) >= 11 is 0. The highest BCUT2D eigenvalue weighted by Gasteiger charge is 2.36. The maximum Gasteiger partial charge on any atom is 0.281 e. The summed E-state index contributed by atoms with van der Waals surface area (Å²) in [6.07, 6.45) is 4.23. The SMILES string of the molecule is O=C(NCc1ccc(F)cc1)[C@H]1CCCN(S(=O)(=O)N2CCCCC2)C1. The van der Waals surface area contributed by atoms with Gasteiger partial charge in [0.25, 0.3) is 10.2 Å². The third-order valence-electron chi connectivity index (χ3n) is 5.10. The summed E-state index contributed by atoms with van der Waals surface area (Å²) in [5.74, 6) is -0.803. The van der Waals surface area contributed by atoms with E-state index in [1.807, 2.05) is 0 Å². The summed E-state index contributed by atoms with van der Waals surface area (Å²) < 4.78 is 41.6. The van der Waals surface area contributed by atoms with E-state index in [1.165, 1.54) is 16.4 Å². The first-order valence-electron chi connectivity index (χ1n) is 9.24. The van der Waals surface area contributed by atoms with Crippen LogP contribution >= 0.6 is 0 Å². The number of nitrogens with one attached hydrogen (secondary N) is 1. The van der Waals surface area contributed by atoms with Gasteiger partial charge in [0.1, 0.15) is 5.82 Å². The Morgan fingerprint density at radius 2 is 1.69 bits per heavy atom. The number of hydrogen-bond acceptors (Lipinski definition) is 3. The molecule has 0 aromatic heterocycles. The van der Waals surface area contributed by atoms with Gasteiger partial charge in [-0.25, -0.2) is 4.39 Å². The number of carbonyl (C=O) groups is 1. The molecule has 0 spiro atoms. The fourth-order valence-corrected chi connectivity index (χ4v) is 5.34. The number of piperidine rings is 2. The molecule has 0 saturated carbocycles. The van der Waals surface area contributed by atoms with Crippen molar-refractivity contribution in [3.63, 3.8) is 0 Å². The van der Waals surface area contributed by atoms with Gasteiger partial charge in [0.15, 0.2) is 0 Å². The van der Waals surface area contributed by atoms with Gasteiger partial charge in [-0.15, -0.1) is 0 Å². The van der Waals surface area contributed by atoms with Crippen molar-refractivity contribution in [2.45, 2.75) is 38.6 Å². The van der Waals surface area contributed by atoms with Gasteiger partial charge in [-0.3, -0.25) is 4.79 Å². The zero-order chi connectivity index (χ0) is 18.6. The van der Waals surface area contributed by atoms with Crippen molar-refractivity contribution in [1.82, 2.24) is 13.9 Å². The van der Waals surface area contributed by atoms with Gasteiger partial charge >= 0.3 is 0 Å². The maximum absolute atomic E-state index is 12.9. The Kier molecular flexibility index (Phi) is 6.26. The maximum atomic E-state index is 12.9. The second-order valence-electron chi connectivity index (χ2n) is 7.01. The Bertz CT molecular complexity index is 718. The molecule has 2 fully saturated rings. The Hall–Kier alpha value is -1.51. The van der Waals surface area contributed by atoms with Crippen LogP contribution in [0.15, 0.2) is 24.3 Å². The summed E-state index contributed by atoms with van der Waals surface area (Å²) in [5, 5.41) is 2.84. The molecule has 0 unspecified atom stereocenters. The molecule has 2 heterocycles. The van der Waals surface area contributed by atoms with Crippen molar-refractivity contribution in [3.8, 4) is 0 Å². The van der Waals surface area contributed by atoms with Gasteiger partial charge in [-0.1, -0.05) is 18.6 Å². The van der Waals surface area contributed by atoms with Crippen molar-refractivity contribution < 1.29 is 17.6 Å². The molecular weight excluding hydrogens is 357 g/mol. The van der Waals surface area contributed by atoms with Crippen LogP contribution < -0.4 is 5.32 Å². The van der Waals surface area contributed by atoms with Crippen LogP contribution in [0.1, 0.15) is 37.7 Å². The van der Waals surface area contributed by atoms with Crippen molar-refractivity contribution in [2.24, 2.45) is 5.92 Å². The number of hydrogen-bond donors (Lipinski definition) is 1. The molecule has 2 saturated heterocycles. The highest BCUT2D eigenvalue weighted by Crippen LogP contribution is 2.23. The molecule has 1 aromatic carbocycles. The number of carbonyl (C=O) groups excluding carboxylic acids is 1. The van der Waals surface area contributed by atoms with Crippen molar-refractivity contribution >= 4 is 16.1 Å². The normalized spacial score (nSPS) is 22.9. The molecule has 2 aliphatic rings. The first-order chi connectivity index (χ1) is 12.5. The quantitative estimate of drug-likeness (QED) is 0.844. The van der Waals surface area contributed by atoms with Crippen LogP contribution in [0.5, 0.6) is 0 Å². The molecular formula is C18H26FN3O3S. The van der Waals surface area contributed by atoms with Gasteiger partial charge < -0.3 is 5.32 Å². The van der Waals surface area contributed by atoms with Crippen LogP contribution in [-0.4, -0.2) is 49.1 Å². The molecule has 3 rings (SSSR count).